The molecule has 3 nitrogen and oxygen atoms in total. The molecule has 1 aromatic rings. The monoisotopic (exact) mass is 250 g/mol. The van der Waals surface area contributed by atoms with E-state index >= 15 is 0 Å². The quantitative estimate of drug-likeness (QED) is 0.567. The summed E-state index contributed by atoms with van der Waals surface area (Å²) in [6, 6.07) is 0. The molecule has 1 rings (SSSR count). The molecule has 0 amide bonds. The average Bonchev–Trinajstić information content (AvgIpc) is 1.97. The molecule has 1 heterocycles. The maximum atomic E-state index is 12.3. The highest BCUT2D eigenvalue weighted by molar-refractivity contribution is 5.25. The number of aromatic nitrogens is 2. The third kappa shape index (κ3) is 3.21. The molecule has 0 saturated heterocycles. The van der Waals surface area contributed by atoms with Gasteiger partial charge in [-0.2, -0.15) is 22.5 Å². The number of hydrogen-bond donors (Lipinski definition) is 0. The lowest BCUT2D eigenvalue weighted by molar-refractivity contribution is -0.278. The van der Waals surface area contributed by atoms with E-state index in [9.17, 15) is 30.7 Å². The smallest absolute Gasteiger partial charge is 0.387 e. The number of rotatable bonds is 1. The zero-order valence-corrected chi connectivity index (χ0v) is 7.03. The second-order valence-corrected chi connectivity index (χ2v) is 2.40. The molecule has 10 heteroatoms. The standard InChI is InChI=1S/C6HF7N2O/c7-4-14-1-2(5(8,9)10)3(15-4)16-6(11,12)13/h1H. The molecule has 0 fully saturated rings. The van der Waals surface area contributed by atoms with E-state index in [0.29, 0.717) is 0 Å². The molecule has 0 spiro atoms. The second-order valence-electron chi connectivity index (χ2n) is 2.40. The molecule has 1 aromatic heterocycles. The molecule has 0 aromatic carbocycles. The predicted octanol–water partition coefficient (Wildman–Crippen LogP) is 2.53. The van der Waals surface area contributed by atoms with Crippen molar-refractivity contribution in [1.82, 2.24) is 9.97 Å². The van der Waals surface area contributed by atoms with Crippen molar-refractivity contribution in [3.63, 3.8) is 0 Å². The van der Waals surface area contributed by atoms with Gasteiger partial charge in [0, 0.05) is 6.20 Å². The van der Waals surface area contributed by atoms with Gasteiger partial charge in [0.2, 0.25) is 5.88 Å². The first-order chi connectivity index (χ1) is 7.09. The van der Waals surface area contributed by atoms with Crippen molar-refractivity contribution >= 4 is 0 Å². The maximum Gasteiger partial charge on any atom is 0.574 e. The van der Waals surface area contributed by atoms with Crippen LogP contribution in [-0.2, 0) is 6.18 Å². The van der Waals surface area contributed by atoms with Crippen LogP contribution >= 0.6 is 0 Å². The molecule has 0 aliphatic heterocycles. The molecule has 0 N–H and O–H groups in total. The summed E-state index contributed by atoms with van der Waals surface area (Å²) < 4.78 is 86.5. The number of ether oxygens (including phenoxy) is 1. The van der Waals surface area contributed by atoms with Crippen molar-refractivity contribution in [2.75, 3.05) is 0 Å². The zero-order valence-electron chi connectivity index (χ0n) is 7.03. The Morgan fingerprint density at radius 2 is 1.62 bits per heavy atom. The normalized spacial score (nSPS) is 12.7. The van der Waals surface area contributed by atoms with Crippen molar-refractivity contribution in [2.24, 2.45) is 0 Å². The third-order valence-electron chi connectivity index (χ3n) is 1.24. The molecule has 0 saturated carbocycles. The second kappa shape index (κ2) is 3.76. The number of alkyl halides is 6. The van der Waals surface area contributed by atoms with Crippen molar-refractivity contribution in [3.05, 3.63) is 17.8 Å². The highest BCUT2D eigenvalue weighted by Crippen LogP contribution is 2.36. The molecule has 0 unspecified atom stereocenters. The van der Waals surface area contributed by atoms with Crippen LogP contribution in [-0.4, -0.2) is 16.3 Å². The number of halogens is 7. The fourth-order valence-corrected chi connectivity index (χ4v) is 0.728. The minimum atomic E-state index is -5.40. The van der Waals surface area contributed by atoms with Gasteiger partial charge in [-0.1, -0.05) is 0 Å². The third-order valence-corrected chi connectivity index (χ3v) is 1.24. The molecule has 90 valence electrons. The fourth-order valence-electron chi connectivity index (χ4n) is 0.728. The fraction of sp³-hybridized carbons (Fsp3) is 0.333. The highest BCUT2D eigenvalue weighted by atomic mass is 19.4. The topological polar surface area (TPSA) is 35.0 Å². The molecular weight excluding hydrogens is 249 g/mol. The Morgan fingerprint density at radius 1 is 1.06 bits per heavy atom. The summed E-state index contributed by atoms with van der Waals surface area (Å²) in [6.07, 6.45) is -12.5. The summed E-state index contributed by atoms with van der Waals surface area (Å²) in [5, 5.41) is 0. The Balaban J connectivity index is 3.19. The van der Waals surface area contributed by atoms with Crippen molar-refractivity contribution in [3.8, 4) is 5.88 Å². The summed E-state index contributed by atoms with van der Waals surface area (Å²) in [5.74, 6) is -1.92. The first-order valence-electron chi connectivity index (χ1n) is 3.45. The average molecular weight is 250 g/mol. The van der Waals surface area contributed by atoms with Gasteiger partial charge in [-0.15, -0.1) is 13.2 Å². The van der Waals surface area contributed by atoms with Crippen LogP contribution in [0.5, 0.6) is 5.88 Å². The van der Waals surface area contributed by atoms with Gasteiger partial charge < -0.3 is 4.74 Å². The van der Waals surface area contributed by atoms with Crippen molar-refractivity contribution < 1.29 is 35.5 Å². The first kappa shape index (κ1) is 12.5. The molecule has 0 radical (unpaired) electrons. The summed E-state index contributed by atoms with van der Waals surface area (Å²) in [4.78, 5) is 4.78. The van der Waals surface area contributed by atoms with Crippen LogP contribution in [0, 0.1) is 6.08 Å². The molecular formula is C6HF7N2O. The van der Waals surface area contributed by atoms with E-state index < -0.39 is 30.1 Å². The lowest BCUT2D eigenvalue weighted by Crippen LogP contribution is -2.21. The number of nitrogens with zero attached hydrogens (tertiary/aromatic N) is 2. The van der Waals surface area contributed by atoms with Crippen LogP contribution in [0.3, 0.4) is 0 Å². The summed E-state index contributed by atoms with van der Waals surface area (Å²) in [5.41, 5.74) is -1.91. The Hall–Kier alpha value is -1.61. The maximum absolute atomic E-state index is 12.3. The van der Waals surface area contributed by atoms with Gasteiger partial charge in [0.25, 0.3) is 0 Å². The van der Waals surface area contributed by atoms with Crippen LogP contribution in [0.1, 0.15) is 5.56 Å². The van der Waals surface area contributed by atoms with Gasteiger partial charge in [0.15, 0.2) is 0 Å². The predicted molar refractivity (Wildman–Crippen MR) is 33.7 cm³/mol. The van der Waals surface area contributed by atoms with Crippen molar-refractivity contribution in [2.45, 2.75) is 12.5 Å². The van der Waals surface area contributed by atoms with Crippen LogP contribution in [0.4, 0.5) is 30.7 Å². The van der Waals surface area contributed by atoms with Gasteiger partial charge in [-0.05, 0) is 0 Å². The Bertz CT molecular complexity index is 385. The minimum absolute atomic E-state index is 0.136. The molecule has 0 atom stereocenters. The van der Waals surface area contributed by atoms with Gasteiger partial charge in [0.1, 0.15) is 5.56 Å². The SMILES string of the molecule is Fc1ncc(C(F)(F)F)c(OC(F)(F)F)n1. The Morgan fingerprint density at radius 3 is 2.06 bits per heavy atom. The van der Waals surface area contributed by atoms with Crippen LogP contribution in [0.25, 0.3) is 0 Å². The Kier molecular flexibility index (Phi) is 2.93. The van der Waals surface area contributed by atoms with E-state index in [0.717, 1.165) is 0 Å². The molecule has 0 aliphatic rings. The summed E-state index contributed by atoms with van der Waals surface area (Å²) in [6.45, 7) is 0. The first-order valence-corrected chi connectivity index (χ1v) is 3.45. The van der Waals surface area contributed by atoms with Gasteiger partial charge in [-0.25, -0.2) is 4.98 Å². The van der Waals surface area contributed by atoms with E-state index in [1.807, 2.05) is 0 Å². The van der Waals surface area contributed by atoms with E-state index in [1.54, 1.807) is 0 Å². The highest BCUT2D eigenvalue weighted by Gasteiger charge is 2.41. The van der Waals surface area contributed by atoms with Gasteiger partial charge in [0.05, 0.1) is 0 Å². The lowest BCUT2D eigenvalue weighted by Gasteiger charge is -2.13. The zero-order chi connectivity index (χ0) is 12.6. The molecule has 0 aliphatic carbocycles. The molecule has 0 bridgehead atoms. The largest absolute Gasteiger partial charge is 0.574 e. The van der Waals surface area contributed by atoms with E-state index in [2.05, 4.69) is 14.7 Å². The van der Waals surface area contributed by atoms with Gasteiger partial charge in [-0.3, -0.25) is 0 Å². The summed E-state index contributed by atoms with van der Waals surface area (Å²) in [7, 11) is 0. The van der Waals surface area contributed by atoms with E-state index in [-0.39, 0.29) is 6.20 Å². The Labute approximate surface area is 82.9 Å². The van der Waals surface area contributed by atoms with Gasteiger partial charge >= 0.3 is 18.6 Å². The summed E-state index contributed by atoms with van der Waals surface area (Å²) >= 11 is 0. The van der Waals surface area contributed by atoms with E-state index in [4.69, 9.17) is 0 Å². The van der Waals surface area contributed by atoms with E-state index in [1.165, 1.54) is 0 Å². The van der Waals surface area contributed by atoms with Crippen LogP contribution in [0.15, 0.2) is 6.20 Å². The molecule has 16 heavy (non-hydrogen) atoms. The van der Waals surface area contributed by atoms with Crippen LogP contribution in [0.2, 0.25) is 0 Å². The van der Waals surface area contributed by atoms with Crippen molar-refractivity contribution in [1.29, 1.82) is 0 Å². The lowest BCUT2D eigenvalue weighted by atomic mass is 10.3. The van der Waals surface area contributed by atoms with Crippen LogP contribution < -0.4 is 4.74 Å². The number of hydrogen-bond acceptors (Lipinski definition) is 3. The minimum Gasteiger partial charge on any atom is -0.387 e.